The standard InChI is InChI=1S/C38H30O8/c1-23(2)35(39)43-30-16-11-27(12-17-30)9-10-29-21-33(45-37(41)25(5)6)32(34(22-29)46-38(42)26(7)8)20-15-28-13-18-31(19-14-28)44-36(40)24(3)4/h11-14,16-19,21-22H,1,3,5,7H2,2,4,6,8H3. The van der Waals surface area contributed by atoms with Crippen molar-refractivity contribution in [1.29, 1.82) is 0 Å². The monoisotopic (exact) mass is 614 g/mol. The molecule has 230 valence electrons. The van der Waals surface area contributed by atoms with Gasteiger partial charge in [0.2, 0.25) is 0 Å². The molecule has 3 aromatic carbocycles. The third-order valence-electron chi connectivity index (χ3n) is 5.68. The van der Waals surface area contributed by atoms with Crippen LogP contribution in [0.4, 0.5) is 0 Å². The topological polar surface area (TPSA) is 105 Å². The maximum atomic E-state index is 12.6. The molecule has 0 bridgehead atoms. The lowest BCUT2D eigenvalue weighted by Crippen LogP contribution is -2.12. The van der Waals surface area contributed by atoms with E-state index in [1.807, 2.05) is 0 Å². The zero-order valence-corrected chi connectivity index (χ0v) is 25.9. The van der Waals surface area contributed by atoms with Crippen molar-refractivity contribution in [3.63, 3.8) is 0 Å². The van der Waals surface area contributed by atoms with Gasteiger partial charge in [-0.15, -0.1) is 0 Å². The third kappa shape index (κ3) is 9.84. The van der Waals surface area contributed by atoms with Gasteiger partial charge in [-0.3, -0.25) is 0 Å². The van der Waals surface area contributed by atoms with Crippen LogP contribution in [0.1, 0.15) is 49.9 Å². The normalized spacial score (nSPS) is 9.65. The van der Waals surface area contributed by atoms with Gasteiger partial charge in [0.05, 0.1) is 0 Å². The molecule has 0 aromatic heterocycles. The number of ether oxygens (including phenoxy) is 4. The molecule has 0 fully saturated rings. The van der Waals surface area contributed by atoms with Gasteiger partial charge in [0, 0.05) is 39.0 Å². The number of rotatable bonds is 8. The van der Waals surface area contributed by atoms with Crippen molar-refractivity contribution < 1.29 is 38.1 Å². The summed E-state index contributed by atoms with van der Waals surface area (Å²) in [6, 6.07) is 15.8. The SMILES string of the molecule is C=C(C)C(=O)Oc1ccc(C#Cc2cc(OC(=O)C(=C)C)c(C#Cc3ccc(OC(=O)C(=C)C)cc3)c(OC(=O)C(=C)C)c2)cc1. The Morgan fingerprint density at radius 3 is 1.11 bits per heavy atom. The Hall–Kier alpha value is -6.38. The summed E-state index contributed by atoms with van der Waals surface area (Å²) in [5.74, 6) is 9.81. The summed E-state index contributed by atoms with van der Waals surface area (Å²) in [4.78, 5) is 48.7. The number of benzene rings is 3. The van der Waals surface area contributed by atoms with Crippen molar-refractivity contribution in [2.45, 2.75) is 27.7 Å². The van der Waals surface area contributed by atoms with E-state index in [4.69, 9.17) is 18.9 Å². The van der Waals surface area contributed by atoms with Gasteiger partial charge >= 0.3 is 23.9 Å². The van der Waals surface area contributed by atoms with Gasteiger partial charge in [-0.25, -0.2) is 19.2 Å². The predicted molar refractivity (Wildman–Crippen MR) is 173 cm³/mol. The first-order valence-electron chi connectivity index (χ1n) is 13.7. The minimum absolute atomic E-state index is 0.0223. The van der Waals surface area contributed by atoms with Gasteiger partial charge < -0.3 is 18.9 Å². The highest BCUT2D eigenvalue weighted by atomic mass is 16.6. The lowest BCUT2D eigenvalue weighted by atomic mass is 10.1. The second-order valence-corrected chi connectivity index (χ2v) is 10.1. The Labute approximate surface area is 267 Å². The van der Waals surface area contributed by atoms with Gasteiger partial charge in [0.1, 0.15) is 17.1 Å². The minimum atomic E-state index is -0.728. The van der Waals surface area contributed by atoms with Crippen LogP contribution in [0.2, 0.25) is 0 Å². The van der Waals surface area contributed by atoms with Gasteiger partial charge in [-0.05, 0) is 88.4 Å². The molecule has 0 aliphatic rings. The van der Waals surface area contributed by atoms with Crippen molar-refractivity contribution in [3.05, 3.63) is 132 Å². The fourth-order valence-electron chi connectivity index (χ4n) is 3.20. The first-order chi connectivity index (χ1) is 21.7. The Bertz CT molecular complexity index is 1850. The summed E-state index contributed by atoms with van der Waals surface area (Å²) in [7, 11) is 0. The van der Waals surface area contributed by atoms with Crippen LogP contribution in [-0.4, -0.2) is 23.9 Å². The number of esters is 4. The second-order valence-electron chi connectivity index (χ2n) is 10.1. The molecular weight excluding hydrogens is 584 g/mol. The van der Waals surface area contributed by atoms with Crippen LogP contribution in [0.5, 0.6) is 23.0 Å². The molecule has 8 heteroatoms. The number of carbonyl (C=O) groups is 4. The summed E-state index contributed by atoms with van der Waals surface area (Å²) >= 11 is 0. The molecule has 0 radical (unpaired) electrons. The summed E-state index contributed by atoms with van der Waals surface area (Å²) in [6.07, 6.45) is 0. The smallest absolute Gasteiger partial charge is 0.338 e. The molecule has 8 nitrogen and oxygen atoms in total. The molecule has 46 heavy (non-hydrogen) atoms. The number of hydrogen-bond donors (Lipinski definition) is 0. The zero-order chi connectivity index (χ0) is 34.0. The molecule has 0 unspecified atom stereocenters. The molecule has 3 aromatic rings. The van der Waals surface area contributed by atoms with E-state index in [1.165, 1.54) is 26.0 Å². The van der Waals surface area contributed by atoms with E-state index in [9.17, 15) is 19.2 Å². The van der Waals surface area contributed by atoms with E-state index in [0.29, 0.717) is 28.2 Å². The molecule has 0 aliphatic carbocycles. The Morgan fingerprint density at radius 1 is 0.457 bits per heavy atom. The van der Waals surface area contributed by atoms with Crippen LogP contribution in [0.3, 0.4) is 0 Å². The third-order valence-corrected chi connectivity index (χ3v) is 5.68. The van der Waals surface area contributed by atoms with Crippen LogP contribution in [0.25, 0.3) is 0 Å². The van der Waals surface area contributed by atoms with Crippen LogP contribution in [0.15, 0.2) is 109 Å². The molecule has 0 atom stereocenters. The summed E-state index contributed by atoms with van der Waals surface area (Å²) in [5, 5.41) is 0. The Morgan fingerprint density at radius 2 is 0.761 bits per heavy atom. The molecule has 0 saturated heterocycles. The summed E-state index contributed by atoms with van der Waals surface area (Å²) in [5.41, 5.74) is 2.31. The number of hydrogen-bond acceptors (Lipinski definition) is 8. The molecule has 0 amide bonds. The van der Waals surface area contributed by atoms with E-state index in [-0.39, 0.29) is 39.4 Å². The second kappa shape index (κ2) is 15.4. The van der Waals surface area contributed by atoms with E-state index in [2.05, 4.69) is 50.0 Å². The van der Waals surface area contributed by atoms with Crippen molar-refractivity contribution in [2.24, 2.45) is 0 Å². The Balaban J connectivity index is 2.07. The molecule has 0 aliphatic heterocycles. The lowest BCUT2D eigenvalue weighted by molar-refractivity contribution is -0.131. The number of carbonyl (C=O) groups excluding carboxylic acids is 4. The predicted octanol–water partition coefficient (Wildman–Crippen LogP) is 6.41. The molecule has 0 saturated carbocycles. The Kier molecular flexibility index (Phi) is 11.4. The quantitative estimate of drug-likeness (QED) is 0.124. The maximum absolute atomic E-state index is 12.6. The lowest BCUT2D eigenvalue weighted by Gasteiger charge is -2.12. The molecular formula is C38H30O8. The first-order valence-corrected chi connectivity index (χ1v) is 13.7. The zero-order valence-electron chi connectivity index (χ0n) is 25.9. The van der Waals surface area contributed by atoms with E-state index >= 15 is 0 Å². The molecule has 0 N–H and O–H groups in total. The highest BCUT2D eigenvalue weighted by Gasteiger charge is 2.18. The van der Waals surface area contributed by atoms with Gasteiger partial charge in [-0.1, -0.05) is 50.0 Å². The summed E-state index contributed by atoms with van der Waals surface area (Å²) in [6.45, 7) is 20.4. The van der Waals surface area contributed by atoms with Crippen molar-refractivity contribution >= 4 is 23.9 Å². The van der Waals surface area contributed by atoms with Gasteiger partial charge in [-0.2, -0.15) is 0 Å². The maximum Gasteiger partial charge on any atom is 0.338 e. The fraction of sp³-hybridized carbons (Fsp3) is 0.105. The van der Waals surface area contributed by atoms with Crippen molar-refractivity contribution in [3.8, 4) is 46.7 Å². The van der Waals surface area contributed by atoms with Crippen molar-refractivity contribution in [1.82, 2.24) is 0 Å². The largest absolute Gasteiger partial charge is 0.423 e. The first kappa shape index (κ1) is 34.1. The average Bonchev–Trinajstić information content (AvgIpc) is 3.00. The van der Waals surface area contributed by atoms with Crippen LogP contribution >= 0.6 is 0 Å². The average molecular weight is 615 g/mol. The van der Waals surface area contributed by atoms with Gasteiger partial charge in [0.25, 0.3) is 0 Å². The molecule has 3 rings (SSSR count). The molecule has 0 spiro atoms. The van der Waals surface area contributed by atoms with E-state index in [0.717, 1.165) is 0 Å². The van der Waals surface area contributed by atoms with Crippen LogP contribution in [0, 0.1) is 23.7 Å². The highest BCUT2D eigenvalue weighted by Crippen LogP contribution is 2.31. The molecule has 0 heterocycles. The van der Waals surface area contributed by atoms with Crippen molar-refractivity contribution in [2.75, 3.05) is 0 Å². The van der Waals surface area contributed by atoms with Gasteiger partial charge in [0.15, 0.2) is 11.5 Å². The van der Waals surface area contributed by atoms with E-state index < -0.39 is 23.9 Å². The van der Waals surface area contributed by atoms with Crippen LogP contribution < -0.4 is 18.9 Å². The summed E-state index contributed by atoms with van der Waals surface area (Å²) < 4.78 is 21.6. The minimum Gasteiger partial charge on any atom is -0.423 e. The highest BCUT2D eigenvalue weighted by molar-refractivity contribution is 5.91. The van der Waals surface area contributed by atoms with Crippen LogP contribution in [-0.2, 0) is 19.2 Å². The fourth-order valence-corrected chi connectivity index (χ4v) is 3.20. The van der Waals surface area contributed by atoms with E-state index in [1.54, 1.807) is 62.4 Å².